The molecule has 0 spiro atoms. The summed E-state index contributed by atoms with van der Waals surface area (Å²) in [6, 6.07) is 7.10. The Morgan fingerprint density at radius 1 is 1.21 bits per heavy atom. The Bertz CT molecular complexity index is 1000. The largest absolute Gasteiger partial charge is 0.402 e. The summed E-state index contributed by atoms with van der Waals surface area (Å²) < 4.78 is 5.77. The first-order valence-corrected chi connectivity index (χ1v) is 10.8. The van der Waals surface area contributed by atoms with E-state index in [4.69, 9.17) is 14.5 Å². The summed E-state index contributed by atoms with van der Waals surface area (Å²) in [5.74, 6) is 1.91. The lowest BCUT2D eigenvalue weighted by atomic mass is 9.83. The van der Waals surface area contributed by atoms with Gasteiger partial charge in [-0.3, -0.25) is 5.14 Å². The number of nitrogens with one attached hydrogen (secondary N) is 1. The van der Waals surface area contributed by atoms with Crippen molar-refractivity contribution in [3.8, 4) is 11.6 Å². The zero-order chi connectivity index (χ0) is 19.9. The van der Waals surface area contributed by atoms with Crippen LogP contribution in [-0.4, -0.2) is 27.5 Å². The zero-order valence-electron chi connectivity index (χ0n) is 16.9. The summed E-state index contributed by atoms with van der Waals surface area (Å²) in [7, 11) is 0. The van der Waals surface area contributed by atoms with E-state index in [0.717, 1.165) is 11.3 Å². The third-order valence-electron chi connectivity index (χ3n) is 5.14. The molecule has 2 aromatic heterocycles. The topological polar surface area (TPSA) is 89.9 Å². The molecular weight excluding hydrogens is 370 g/mol. The molecular formula is C21H27N5OS. The van der Waals surface area contributed by atoms with E-state index in [0.29, 0.717) is 30.1 Å². The lowest BCUT2D eigenvalue weighted by molar-refractivity contribution is 0.579. The number of benzene rings is 1. The maximum absolute atomic E-state index is 5.77. The minimum atomic E-state index is 0.00264. The number of hydrogen-bond donors (Lipinski definition) is 2. The second-order valence-electron chi connectivity index (χ2n) is 8.52. The highest BCUT2D eigenvalue weighted by molar-refractivity contribution is 7.97. The summed E-state index contributed by atoms with van der Waals surface area (Å²) in [5.41, 5.74) is 5.64. The summed E-state index contributed by atoms with van der Waals surface area (Å²) in [5, 5.41) is 18.0. The van der Waals surface area contributed by atoms with Crippen LogP contribution in [0.2, 0.25) is 0 Å². The number of rotatable bonds is 6. The molecule has 2 heterocycles. The predicted molar refractivity (Wildman–Crippen MR) is 116 cm³/mol. The van der Waals surface area contributed by atoms with Crippen molar-refractivity contribution in [1.29, 1.82) is 0 Å². The molecule has 1 fully saturated rings. The second kappa shape index (κ2) is 7.37. The van der Waals surface area contributed by atoms with Gasteiger partial charge in [0.05, 0.1) is 5.52 Å². The van der Waals surface area contributed by atoms with Crippen LogP contribution < -0.4 is 10.5 Å². The van der Waals surface area contributed by atoms with E-state index in [1.807, 2.05) is 6.07 Å². The number of pyridine rings is 1. The Balaban J connectivity index is 1.78. The monoisotopic (exact) mass is 397 g/mol. The van der Waals surface area contributed by atoms with Gasteiger partial charge in [0.15, 0.2) is 0 Å². The molecule has 1 aromatic carbocycles. The van der Waals surface area contributed by atoms with Crippen molar-refractivity contribution in [1.82, 2.24) is 15.2 Å². The quantitative estimate of drug-likeness (QED) is 0.456. The summed E-state index contributed by atoms with van der Waals surface area (Å²) >= 11 is 1.27. The van der Waals surface area contributed by atoms with Gasteiger partial charge in [0, 0.05) is 17.7 Å². The van der Waals surface area contributed by atoms with Crippen LogP contribution in [0.5, 0.6) is 0 Å². The van der Waals surface area contributed by atoms with Crippen LogP contribution in [0.3, 0.4) is 0 Å². The highest BCUT2D eigenvalue weighted by atomic mass is 32.2. The number of aryl methyl sites for hydroxylation is 1. The van der Waals surface area contributed by atoms with Gasteiger partial charge in [-0.1, -0.05) is 43.9 Å². The molecule has 7 heteroatoms. The van der Waals surface area contributed by atoms with Crippen LogP contribution in [0, 0.1) is 6.92 Å². The molecule has 0 unspecified atom stereocenters. The summed E-state index contributed by atoms with van der Waals surface area (Å²) in [6.07, 6.45) is 2.58. The van der Waals surface area contributed by atoms with Crippen LogP contribution in [0.25, 0.3) is 22.5 Å². The Kier molecular flexibility index (Phi) is 5.05. The van der Waals surface area contributed by atoms with E-state index in [2.05, 4.69) is 55.3 Å². The number of anilines is 1. The van der Waals surface area contributed by atoms with Crippen LogP contribution in [0.4, 0.5) is 6.01 Å². The van der Waals surface area contributed by atoms with Crippen molar-refractivity contribution in [3.05, 3.63) is 34.9 Å². The Morgan fingerprint density at radius 2 is 2.00 bits per heavy atom. The number of aromatic nitrogens is 3. The third kappa shape index (κ3) is 3.86. The van der Waals surface area contributed by atoms with Gasteiger partial charge < -0.3 is 9.73 Å². The molecule has 1 aliphatic carbocycles. The Labute approximate surface area is 169 Å². The molecule has 0 aliphatic heterocycles. The second-order valence-corrected chi connectivity index (χ2v) is 9.26. The summed E-state index contributed by atoms with van der Waals surface area (Å²) in [4.78, 5) is 4.96. The normalized spacial score (nSPS) is 14.6. The maximum atomic E-state index is 5.77. The van der Waals surface area contributed by atoms with Crippen molar-refractivity contribution in [2.75, 3.05) is 17.6 Å². The SMILES string of the molecule is Cc1cc(-c2nnc(NCCSN)o2)nc2c(C(C)(C)C)cc(C3CC3)cc12. The molecule has 0 bridgehead atoms. The minimum Gasteiger partial charge on any atom is -0.402 e. The molecule has 148 valence electrons. The van der Waals surface area contributed by atoms with Gasteiger partial charge in [-0.25, -0.2) is 4.98 Å². The third-order valence-corrected chi connectivity index (χ3v) is 5.58. The van der Waals surface area contributed by atoms with Crippen molar-refractivity contribution < 1.29 is 4.42 Å². The molecule has 1 saturated carbocycles. The first-order valence-electron chi connectivity index (χ1n) is 9.72. The zero-order valence-corrected chi connectivity index (χ0v) is 17.7. The highest BCUT2D eigenvalue weighted by Gasteiger charge is 2.28. The average molecular weight is 398 g/mol. The van der Waals surface area contributed by atoms with Crippen molar-refractivity contribution >= 4 is 28.9 Å². The van der Waals surface area contributed by atoms with Gasteiger partial charge in [0.25, 0.3) is 5.89 Å². The number of hydrogen-bond acceptors (Lipinski definition) is 7. The van der Waals surface area contributed by atoms with Gasteiger partial charge >= 0.3 is 6.01 Å². The van der Waals surface area contributed by atoms with Crippen LogP contribution in [0.1, 0.15) is 56.2 Å². The van der Waals surface area contributed by atoms with E-state index < -0.39 is 0 Å². The fraction of sp³-hybridized carbons (Fsp3) is 0.476. The Morgan fingerprint density at radius 3 is 2.68 bits per heavy atom. The van der Waals surface area contributed by atoms with Crippen molar-refractivity contribution in [2.24, 2.45) is 5.14 Å². The van der Waals surface area contributed by atoms with E-state index in [-0.39, 0.29) is 5.41 Å². The first kappa shape index (κ1) is 19.2. The number of nitrogens with zero attached hydrogens (tertiary/aromatic N) is 3. The first-order chi connectivity index (χ1) is 13.4. The molecule has 0 radical (unpaired) electrons. The predicted octanol–water partition coefficient (Wildman–Crippen LogP) is 4.79. The fourth-order valence-electron chi connectivity index (χ4n) is 3.46. The minimum absolute atomic E-state index is 0.00264. The van der Waals surface area contributed by atoms with E-state index in [1.165, 1.54) is 46.9 Å². The van der Waals surface area contributed by atoms with Crippen molar-refractivity contribution in [2.45, 2.75) is 51.9 Å². The fourth-order valence-corrected chi connectivity index (χ4v) is 3.68. The van der Waals surface area contributed by atoms with Crippen LogP contribution in [-0.2, 0) is 5.41 Å². The van der Waals surface area contributed by atoms with E-state index in [1.54, 1.807) is 0 Å². The smallest absolute Gasteiger partial charge is 0.315 e. The van der Waals surface area contributed by atoms with Gasteiger partial charge in [-0.15, -0.1) is 5.10 Å². The molecule has 6 nitrogen and oxygen atoms in total. The molecule has 4 rings (SSSR count). The highest BCUT2D eigenvalue weighted by Crippen LogP contribution is 2.43. The maximum Gasteiger partial charge on any atom is 0.315 e. The Hall–Kier alpha value is -2.12. The summed E-state index contributed by atoms with van der Waals surface area (Å²) in [6.45, 7) is 9.53. The molecule has 28 heavy (non-hydrogen) atoms. The molecule has 0 amide bonds. The van der Waals surface area contributed by atoms with Crippen LogP contribution in [0.15, 0.2) is 22.6 Å². The molecule has 1 aliphatic rings. The lowest BCUT2D eigenvalue weighted by Gasteiger charge is -2.23. The van der Waals surface area contributed by atoms with E-state index >= 15 is 0 Å². The average Bonchev–Trinajstić information content (AvgIpc) is 3.39. The van der Waals surface area contributed by atoms with Gasteiger partial charge in [-0.2, -0.15) is 0 Å². The standard InChI is InChI=1S/C21H27N5OS/c1-12-9-17(19-25-26-20(27-19)23-7-8-28-22)24-18-15(12)10-14(13-5-6-13)11-16(18)21(2,3)4/h9-11,13H,5-8,22H2,1-4H3,(H,23,26). The number of nitrogens with two attached hydrogens (primary N) is 1. The molecule has 3 aromatic rings. The molecule has 3 N–H and O–H groups in total. The molecule has 0 atom stereocenters. The number of fused-ring (bicyclic) bond motifs is 1. The lowest BCUT2D eigenvalue weighted by Crippen LogP contribution is -2.13. The van der Waals surface area contributed by atoms with E-state index in [9.17, 15) is 0 Å². The van der Waals surface area contributed by atoms with Gasteiger partial charge in [-0.05, 0) is 59.9 Å². The van der Waals surface area contributed by atoms with Gasteiger partial charge in [0.1, 0.15) is 5.69 Å². The van der Waals surface area contributed by atoms with Gasteiger partial charge in [0.2, 0.25) is 0 Å². The van der Waals surface area contributed by atoms with Crippen molar-refractivity contribution in [3.63, 3.8) is 0 Å². The molecule has 0 saturated heterocycles. The van der Waals surface area contributed by atoms with Crippen LogP contribution >= 0.6 is 11.9 Å².